The molecule has 1 saturated carbocycles. The van der Waals surface area contributed by atoms with Gasteiger partial charge in [0.1, 0.15) is 0 Å². The molecule has 1 heterocycles. The zero-order valence-electron chi connectivity index (χ0n) is 11.7. The van der Waals surface area contributed by atoms with Gasteiger partial charge in [-0.1, -0.05) is 23.2 Å². The molecule has 2 nitrogen and oxygen atoms in total. The SMILES string of the molecule is Clc1ccc(N2CCCC(COCC3CC3)C2)cc1Cl. The number of anilines is 1. The van der Waals surface area contributed by atoms with Gasteiger partial charge in [0.05, 0.1) is 16.7 Å². The Bertz CT molecular complexity index is 462. The molecule has 0 radical (unpaired) electrons. The van der Waals surface area contributed by atoms with Crippen LogP contribution < -0.4 is 4.90 Å². The van der Waals surface area contributed by atoms with Gasteiger partial charge in [0.2, 0.25) is 0 Å². The summed E-state index contributed by atoms with van der Waals surface area (Å²) in [4.78, 5) is 2.40. The molecule has 4 heteroatoms. The molecular weight excluding hydrogens is 293 g/mol. The van der Waals surface area contributed by atoms with Crippen LogP contribution >= 0.6 is 23.2 Å². The maximum absolute atomic E-state index is 6.11. The summed E-state index contributed by atoms with van der Waals surface area (Å²) in [7, 11) is 0. The summed E-state index contributed by atoms with van der Waals surface area (Å²) < 4.78 is 5.85. The average molecular weight is 314 g/mol. The predicted molar refractivity (Wildman–Crippen MR) is 84.9 cm³/mol. The molecule has 1 aromatic rings. The van der Waals surface area contributed by atoms with Gasteiger partial charge in [0.25, 0.3) is 0 Å². The zero-order chi connectivity index (χ0) is 13.9. The molecule has 1 unspecified atom stereocenters. The van der Waals surface area contributed by atoms with E-state index in [-0.39, 0.29) is 0 Å². The lowest BCUT2D eigenvalue weighted by Crippen LogP contribution is -2.37. The van der Waals surface area contributed by atoms with Crippen molar-refractivity contribution in [1.29, 1.82) is 0 Å². The summed E-state index contributed by atoms with van der Waals surface area (Å²) >= 11 is 12.1. The molecule has 2 aliphatic rings. The van der Waals surface area contributed by atoms with Crippen molar-refractivity contribution in [2.45, 2.75) is 25.7 Å². The molecule has 1 aliphatic heterocycles. The Morgan fingerprint density at radius 3 is 2.60 bits per heavy atom. The third-order valence-electron chi connectivity index (χ3n) is 4.19. The van der Waals surface area contributed by atoms with Crippen molar-refractivity contribution in [2.24, 2.45) is 11.8 Å². The number of rotatable bonds is 5. The quantitative estimate of drug-likeness (QED) is 0.785. The van der Waals surface area contributed by atoms with E-state index in [0.717, 1.165) is 32.2 Å². The van der Waals surface area contributed by atoms with Crippen LogP contribution in [0, 0.1) is 11.8 Å². The van der Waals surface area contributed by atoms with Gasteiger partial charge in [0.15, 0.2) is 0 Å². The van der Waals surface area contributed by atoms with Gasteiger partial charge in [-0.25, -0.2) is 0 Å². The smallest absolute Gasteiger partial charge is 0.0612 e. The van der Waals surface area contributed by atoms with Crippen LogP contribution in [0.15, 0.2) is 18.2 Å². The second-order valence-electron chi connectivity index (χ2n) is 6.03. The van der Waals surface area contributed by atoms with Crippen LogP contribution in [-0.4, -0.2) is 26.3 Å². The lowest BCUT2D eigenvalue weighted by atomic mass is 9.98. The fourth-order valence-electron chi connectivity index (χ4n) is 2.80. The van der Waals surface area contributed by atoms with E-state index < -0.39 is 0 Å². The van der Waals surface area contributed by atoms with Crippen molar-refractivity contribution >= 4 is 28.9 Å². The number of benzene rings is 1. The van der Waals surface area contributed by atoms with Crippen molar-refractivity contribution in [3.63, 3.8) is 0 Å². The monoisotopic (exact) mass is 313 g/mol. The fraction of sp³-hybridized carbons (Fsp3) is 0.625. The highest BCUT2D eigenvalue weighted by Gasteiger charge is 2.24. The molecule has 0 N–H and O–H groups in total. The normalized spacial score (nSPS) is 23.1. The number of nitrogens with zero attached hydrogens (tertiary/aromatic N) is 1. The molecule has 110 valence electrons. The second-order valence-corrected chi connectivity index (χ2v) is 6.85. The average Bonchev–Trinajstić information content (AvgIpc) is 3.26. The molecule has 0 aromatic heterocycles. The highest BCUT2D eigenvalue weighted by Crippen LogP contribution is 2.31. The van der Waals surface area contributed by atoms with Gasteiger partial charge in [-0.3, -0.25) is 0 Å². The van der Waals surface area contributed by atoms with E-state index in [0.29, 0.717) is 16.0 Å². The van der Waals surface area contributed by atoms with Crippen LogP contribution in [0.2, 0.25) is 10.0 Å². The standard InChI is InChI=1S/C16H21Cl2NO/c17-15-6-5-14(8-16(15)18)19-7-1-2-13(9-19)11-20-10-12-3-4-12/h5-6,8,12-13H,1-4,7,9-11H2. The molecule has 1 saturated heterocycles. The number of hydrogen-bond donors (Lipinski definition) is 0. The van der Waals surface area contributed by atoms with E-state index in [9.17, 15) is 0 Å². The van der Waals surface area contributed by atoms with E-state index >= 15 is 0 Å². The van der Waals surface area contributed by atoms with Crippen molar-refractivity contribution in [3.8, 4) is 0 Å². The minimum absolute atomic E-state index is 0.622. The molecule has 2 fully saturated rings. The van der Waals surface area contributed by atoms with E-state index in [2.05, 4.69) is 11.0 Å². The van der Waals surface area contributed by atoms with Crippen molar-refractivity contribution in [1.82, 2.24) is 0 Å². The van der Waals surface area contributed by atoms with Crippen LogP contribution in [0.5, 0.6) is 0 Å². The molecule has 0 amide bonds. The van der Waals surface area contributed by atoms with Crippen molar-refractivity contribution in [3.05, 3.63) is 28.2 Å². The Balaban J connectivity index is 1.54. The minimum atomic E-state index is 0.622. The second kappa shape index (κ2) is 6.55. The number of ether oxygens (including phenoxy) is 1. The molecule has 1 aliphatic carbocycles. The van der Waals surface area contributed by atoms with Gasteiger partial charge in [-0.15, -0.1) is 0 Å². The molecular formula is C16H21Cl2NO. The van der Waals surface area contributed by atoms with Gasteiger partial charge in [-0.2, -0.15) is 0 Å². The van der Waals surface area contributed by atoms with Gasteiger partial charge in [0, 0.05) is 25.4 Å². The van der Waals surface area contributed by atoms with Crippen molar-refractivity contribution in [2.75, 3.05) is 31.2 Å². The first-order valence-electron chi connectivity index (χ1n) is 7.50. The van der Waals surface area contributed by atoms with Crippen LogP contribution in [0.1, 0.15) is 25.7 Å². The number of piperidine rings is 1. The molecule has 1 atom stereocenters. The summed E-state index contributed by atoms with van der Waals surface area (Å²) in [6.07, 6.45) is 5.21. The summed E-state index contributed by atoms with van der Waals surface area (Å²) in [5.74, 6) is 1.49. The van der Waals surface area contributed by atoms with E-state index in [1.807, 2.05) is 12.1 Å². The van der Waals surface area contributed by atoms with Crippen LogP contribution in [0.4, 0.5) is 5.69 Å². The third-order valence-corrected chi connectivity index (χ3v) is 4.93. The summed E-state index contributed by atoms with van der Waals surface area (Å²) in [6, 6.07) is 5.91. The lowest BCUT2D eigenvalue weighted by Gasteiger charge is -2.34. The first-order chi connectivity index (χ1) is 9.72. The first kappa shape index (κ1) is 14.5. The largest absolute Gasteiger partial charge is 0.381 e. The first-order valence-corrected chi connectivity index (χ1v) is 8.25. The van der Waals surface area contributed by atoms with Crippen molar-refractivity contribution < 1.29 is 4.74 Å². The lowest BCUT2D eigenvalue weighted by molar-refractivity contribution is 0.0859. The summed E-state index contributed by atoms with van der Waals surface area (Å²) in [5.41, 5.74) is 1.17. The molecule has 0 bridgehead atoms. The third kappa shape index (κ3) is 3.81. The maximum Gasteiger partial charge on any atom is 0.0612 e. The zero-order valence-corrected chi connectivity index (χ0v) is 13.2. The Morgan fingerprint density at radius 2 is 1.85 bits per heavy atom. The Labute approximate surface area is 131 Å². The van der Waals surface area contributed by atoms with Gasteiger partial charge in [-0.05, 0) is 55.7 Å². The van der Waals surface area contributed by atoms with Gasteiger partial charge < -0.3 is 9.64 Å². The van der Waals surface area contributed by atoms with E-state index in [1.165, 1.54) is 31.4 Å². The maximum atomic E-state index is 6.11. The summed E-state index contributed by atoms with van der Waals surface area (Å²) in [6.45, 7) is 4.01. The predicted octanol–water partition coefficient (Wildman–Crippen LogP) is 4.64. The number of hydrogen-bond acceptors (Lipinski definition) is 2. The molecule has 3 rings (SSSR count). The molecule has 0 spiro atoms. The fourth-order valence-corrected chi connectivity index (χ4v) is 3.10. The van der Waals surface area contributed by atoms with E-state index in [1.54, 1.807) is 0 Å². The van der Waals surface area contributed by atoms with Crippen LogP contribution in [-0.2, 0) is 4.74 Å². The molecule has 20 heavy (non-hydrogen) atoms. The van der Waals surface area contributed by atoms with Gasteiger partial charge >= 0.3 is 0 Å². The summed E-state index contributed by atoms with van der Waals surface area (Å²) in [5, 5.41) is 1.26. The molecule has 1 aromatic carbocycles. The highest BCUT2D eigenvalue weighted by atomic mass is 35.5. The highest BCUT2D eigenvalue weighted by molar-refractivity contribution is 6.42. The van der Waals surface area contributed by atoms with Crippen LogP contribution in [0.25, 0.3) is 0 Å². The van der Waals surface area contributed by atoms with Crippen LogP contribution in [0.3, 0.4) is 0 Å². The number of halogens is 2. The Kier molecular flexibility index (Phi) is 4.75. The minimum Gasteiger partial charge on any atom is -0.381 e. The van der Waals surface area contributed by atoms with E-state index in [4.69, 9.17) is 27.9 Å². The Hall–Kier alpha value is -0.440. The Morgan fingerprint density at radius 1 is 1.05 bits per heavy atom. The topological polar surface area (TPSA) is 12.5 Å².